The Labute approximate surface area is 387 Å². The molecule has 15 nitrogen and oxygen atoms in total. The van der Waals surface area contributed by atoms with Gasteiger partial charge in [-0.2, -0.15) is 0 Å². The Kier molecular flexibility index (Phi) is 15.9. The third-order valence-electron chi connectivity index (χ3n) is 12.5. The van der Waals surface area contributed by atoms with Gasteiger partial charge in [-0.25, -0.2) is 10.4 Å². The molecule has 0 radical (unpaired) electrons. The average Bonchev–Trinajstić information content (AvgIpc) is 3.86. The van der Waals surface area contributed by atoms with Crippen LogP contribution in [0.3, 0.4) is 0 Å². The summed E-state index contributed by atoms with van der Waals surface area (Å²) in [6.45, 7) is 20.3. The second kappa shape index (κ2) is 21.0. The lowest BCUT2D eigenvalue weighted by Crippen LogP contribution is -2.60. The molecular formula is C49H66N8O7S. The quantitative estimate of drug-likeness (QED) is 0.104. The molecule has 3 amide bonds. The molecule has 3 aliphatic heterocycles. The van der Waals surface area contributed by atoms with E-state index in [-0.39, 0.29) is 56.0 Å². The summed E-state index contributed by atoms with van der Waals surface area (Å²) in [5, 5.41) is 8.07. The minimum Gasteiger partial charge on any atom is -0.464 e. The molecule has 1 aromatic carbocycles. The topological polar surface area (TPSA) is 160 Å². The Bertz CT molecular complexity index is 2400. The molecule has 0 spiro atoms. The second-order valence-corrected chi connectivity index (χ2v) is 19.4. The number of ether oxygens (including phenoxy) is 3. The molecule has 6 rings (SSSR count). The number of hydrazine groups is 1. The number of esters is 1. The highest BCUT2D eigenvalue weighted by atomic mass is 32.1. The molecule has 0 saturated carbocycles. The van der Waals surface area contributed by atoms with E-state index in [9.17, 15) is 19.2 Å². The van der Waals surface area contributed by atoms with Gasteiger partial charge in [0.2, 0.25) is 5.91 Å². The molecule has 0 unspecified atom stereocenters. The molecule has 3 aromatic rings. The third-order valence-corrected chi connectivity index (χ3v) is 13.4. The number of aryl methyl sites for hydroxylation is 1. The number of aliphatic imine (C=N–C) groups is 1. The van der Waals surface area contributed by atoms with Crippen LogP contribution in [0.15, 0.2) is 46.9 Å². The number of amides is 3. The van der Waals surface area contributed by atoms with Crippen molar-refractivity contribution in [1.82, 2.24) is 35.1 Å². The van der Waals surface area contributed by atoms with Crippen LogP contribution in [0.5, 0.6) is 0 Å². The molecule has 2 aromatic heterocycles. The highest BCUT2D eigenvalue weighted by Crippen LogP contribution is 2.40. The molecule has 2 N–H and O–H groups in total. The van der Waals surface area contributed by atoms with E-state index in [4.69, 9.17) is 24.2 Å². The van der Waals surface area contributed by atoms with Crippen molar-refractivity contribution in [2.24, 2.45) is 10.4 Å². The van der Waals surface area contributed by atoms with Crippen LogP contribution in [-0.4, -0.2) is 138 Å². The smallest absolute Gasteiger partial charge is 0.324 e. The van der Waals surface area contributed by atoms with E-state index < -0.39 is 29.0 Å². The Morgan fingerprint density at radius 3 is 2.68 bits per heavy atom. The normalized spacial score (nSPS) is 20.4. The van der Waals surface area contributed by atoms with E-state index in [1.165, 1.54) is 16.3 Å². The first kappa shape index (κ1) is 49.3. The SMILES string of the molecule is C=C/C(=C(\N=C/C)[C@H](C)OC)c1c2c3cc(ccc3n1CC)-c1csc(n1)C[C@H](NC(=O)CCOC1CN(C(=O)C#CC(C)(C)N(C)C)C1)C(=O)N1CCC[C@H](N1)C(=O)OCC(C)(C)C2. The number of allylic oxidation sites excluding steroid dienone is 2. The molecular weight excluding hydrogens is 845 g/mol. The second-order valence-electron chi connectivity index (χ2n) is 18.4. The molecule has 5 heterocycles. The van der Waals surface area contributed by atoms with Gasteiger partial charge >= 0.3 is 5.97 Å². The van der Waals surface area contributed by atoms with Crippen LogP contribution in [-0.2, 0) is 52.8 Å². The zero-order chi connectivity index (χ0) is 47.2. The number of aromatic nitrogens is 2. The molecule has 65 heavy (non-hydrogen) atoms. The molecule has 3 aliphatic rings. The van der Waals surface area contributed by atoms with Crippen LogP contribution in [0.1, 0.15) is 84.0 Å². The van der Waals surface area contributed by atoms with Gasteiger partial charge in [-0.15, -0.1) is 11.3 Å². The number of hydrogen-bond acceptors (Lipinski definition) is 12. The molecule has 2 saturated heterocycles. The Morgan fingerprint density at radius 2 is 2.00 bits per heavy atom. The van der Waals surface area contributed by atoms with Crippen molar-refractivity contribution in [3.8, 4) is 23.1 Å². The lowest BCUT2D eigenvalue weighted by Gasteiger charge is -2.37. The fraction of sp³-hybridized carbons (Fsp3) is 0.551. The highest BCUT2D eigenvalue weighted by Gasteiger charge is 2.36. The standard InChI is InChI=1S/C49H66N8O7S/c1-12-34(44(50-13-2)31(4)62-11)45-36-26-48(5,6)30-64-47(61)37-16-15-22-57(53-37)46(60)38(25-42-52-39(29-65-42)32-17-18-40(35(36)24-32)56(45)14-3)51-41(58)20-23-63-33-27-55(28-33)43(59)19-21-49(7,8)54(9)10/h12-13,17-18,24,29,31,33,37-38,53H,1,14-16,20,22-23,25-28,30H2,2-11H3,(H,51,58)/b44-34+,50-13-/t31-,37-,38-/m0/s1. The summed E-state index contributed by atoms with van der Waals surface area (Å²) in [7, 11) is 5.49. The van der Waals surface area contributed by atoms with E-state index in [2.05, 4.69) is 72.7 Å². The Morgan fingerprint density at radius 1 is 1.25 bits per heavy atom. The number of nitrogens with one attached hydrogen (secondary N) is 2. The zero-order valence-corrected chi connectivity index (χ0v) is 40.5. The van der Waals surface area contributed by atoms with Gasteiger partial charge in [-0.3, -0.25) is 34.1 Å². The maximum absolute atomic E-state index is 14.3. The van der Waals surface area contributed by atoms with Crippen LogP contribution >= 0.6 is 11.3 Å². The summed E-state index contributed by atoms with van der Waals surface area (Å²) in [5.41, 5.74) is 8.53. The molecule has 16 heteroatoms. The third kappa shape index (κ3) is 11.4. The van der Waals surface area contributed by atoms with Crippen molar-refractivity contribution >= 4 is 57.7 Å². The van der Waals surface area contributed by atoms with E-state index in [1.807, 2.05) is 58.1 Å². The van der Waals surface area contributed by atoms with Crippen molar-refractivity contribution in [2.75, 3.05) is 54.1 Å². The summed E-state index contributed by atoms with van der Waals surface area (Å²) in [4.78, 5) is 67.6. The highest BCUT2D eigenvalue weighted by molar-refractivity contribution is 7.10. The minimum absolute atomic E-state index is 0.00745. The summed E-state index contributed by atoms with van der Waals surface area (Å²) in [6.07, 6.45) is 4.85. The van der Waals surface area contributed by atoms with Crippen molar-refractivity contribution in [2.45, 2.75) is 117 Å². The number of likely N-dealkylation sites (tertiary alicyclic amines) is 1. The van der Waals surface area contributed by atoms with E-state index in [0.29, 0.717) is 50.4 Å². The summed E-state index contributed by atoms with van der Waals surface area (Å²) in [6, 6.07) is 4.61. The van der Waals surface area contributed by atoms with Crippen LogP contribution in [0.4, 0.5) is 0 Å². The van der Waals surface area contributed by atoms with Gasteiger partial charge in [-0.1, -0.05) is 38.5 Å². The molecule has 6 bridgehead atoms. The number of benzene rings is 1. The van der Waals surface area contributed by atoms with Crippen molar-refractivity contribution < 1.29 is 33.4 Å². The number of rotatable bonds is 12. The van der Waals surface area contributed by atoms with Gasteiger partial charge < -0.3 is 29.0 Å². The first-order chi connectivity index (χ1) is 30.9. The first-order valence-corrected chi connectivity index (χ1v) is 23.4. The van der Waals surface area contributed by atoms with Crippen molar-refractivity contribution in [3.05, 3.63) is 58.2 Å². The van der Waals surface area contributed by atoms with E-state index >= 15 is 0 Å². The Balaban J connectivity index is 1.28. The van der Waals surface area contributed by atoms with Crippen molar-refractivity contribution in [1.29, 1.82) is 0 Å². The molecule has 350 valence electrons. The summed E-state index contributed by atoms with van der Waals surface area (Å²) in [5.74, 6) is 4.32. The van der Waals surface area contributed by atoms with Crippen LogP contribution < -0.4 is 10.7 Å². The first-order valence-electron chi connectivity index (χ1n) is 22.5. The monoisotopic (exact) mass is 910 g/mol. The van der Waals surface area contributed by atoms with Gasteiger partial charge in [0.15, 0.2) is 0 Å². The fourth-order valence-electron chi connectivity index (χ4n) is 8.17. The number of fused-ring (bicyclic) bond motifs is 6. The van der Waals surface area contributed by atoms with Crippen molar-refractivity contribution in [3.63, 3.8) is 0 Å². The number of nitrogens with zero attached hydrogens (tertiary/aromatic N) is 6. The zero-order valence-electron chi connectivity index (χ0n) is 39.7. The Hall–Kier alpha value is -5.18. The predicted octanol–water partition coefficient (Wildman–Crippen LogP) is 5.42. The number of carbonyl (C=O) groups excluding carboxylic acids is 4. The largest absolute Gasteiger partial charge is 0.464 e. The lowest BCUT2D eigenvalue weighted by atomic mass is 9.84. The maximum atomic E-state index is 14.3. The number of cyclic esters (lactones) is 1. The van der Waals surface area contributed by atoms with Gasteiger partial charge in [0, 0.05) is 85.2 Å². The van der Waals surface area contributed by atoms with Crippen LogP contribution in [0.2, 0.25) is 0 Å². The summed E-state index contributed by atoms with van der Waals surface area (Å²) < 4.78 is 20.1. The van der Waals surface area contributed by atoms with Gasteiger partial charge in [0.1, 0.15) is 12.1 Å². The van der Waals surface area contributed by atoms with Crippen LogP contribution in [0.25, 0.3) is 27.7 Å². The van der Waals surface area contributed by atoms with E-state index in [1.54, 1.807) is 18.2 Å². The predicted molar refractivity (Wildman–Crippen MR) is 255 cm³/mol. The number of carbonyl (C=O) groups is 4. The number of hydrogen-bond donors (Lipinski definition) is 2. The van der Waals surface area contributed by atoms with Crippen LogP contribution in [0, 0.1) is 17.3 Å². The minimum atomic E-state index is -0.975. The lowest BCUT2D eigenvalue weighted by molar-refractivity contribution is -0.155. The summed E-state index contributed by atoms with van der Waals surface area (Å²) >= 11 is 1.42. The van der Waals surface area contributed by atoms with Gasteiger partial charge in [0.05, 0.1) is 53.1 Å². The van der Waals surface area contributed by atoms with Gasteiger partial charge in [-0.05, 0) is 91.6 Å². The maximum Gasteiger partial charge on any atom is 0.324 e. The average molecular weight is 911 g/mol. The number of methoxy groups -OCH3 is 1. The molecule has 0 aliphatic carbocycles. The number of thiazole rings is 1. The molecule has 3 atom stereocenters. The van der Waals surface area contributed by atoms with Gasteiger partial charge in [0.25, 0.3) is 11.8 Å². The molecule has 2 fully saturated rings. The van der Waals surface area contributed by atoms with E-state index in [0.717, 1.165) is 44.7 Å². The fourth-order valence-corrected chi connectivity index (χ4v) is 9.02.